The Balaban J connectivity index is 0.00000481. The van der Waals surface area contributed by atoms with Crippen molar-refractivity contribution in [2.45, 2.75) is 58.1 Å². The van der Waals surface area contributed by atoms with Crippen LogP contribution in [0.5, 0.6) is 0 Å². The number of hydrogen-bond donors (Lipinski definition) is 6. The maximum absolute atomic E-state index is 13.5. The Morgan fingerprint density at radius 1 is 1.11 bits per heavy atom. The first-order valence-corrected chi connectivity index (χ1v) is 14.7. The highest BCUT2D eigenvalue weighted by molar-refractivity contribution is 8.25. The molecule has 0 saturated carbocycles. The summed E-state index contributed by atoms with van der Waals surface area (Å²) in [5, 5.41) is 20.5. The molecule has 0 aromatic heterocycles. The monoisotopic (exact) mass is 554 g/mol. The topological polar surface area (TPSA) is 117 Å². The van der Waals surface area contributed by atoms with Crippen LogP contribution >= 0.6 is 23.2 Å². The van der Waals surface area contributed by atoms with Crippen molar-refractivity contribution in [2.75, 3.05) is 41.6 Å². The Hall–Kier alpha value is -2.01. The zero-order valence-electron chi connectivity index (χ0n) is 21.9. The molecule has 1 heterocycles. The van der Waals surface area contributed by atoms with Gasteiger partial charge in [-0.2, -0.15) is 0 Å². The van der Waals surface area contributed by atoms with E-state index in [2.05, 4.69) is 22.9 Å². The molecule has 1 amide bonds. The summed E-state index contributed by atoms with van der Waals surface area (Å²) in [5.41, 5.74) is 2.79. The summed E-state index contributed by atoms with van der Waals surface area (Å²) >= 11 is 0. The van der Waals surface area contributed by atoms with E-state index in [4.69, 9.17) is 0 Å². The minimum Gasteiger partial charge on any atom is -0.390 e. The average Bonchev–Trinajstić information content (AvgIpc) is 2.86. The third-order valence-corrected chi connectivity index (χ3v) is 8.31. The second-order valence-corrected chi connectivity index (χ2v) is 11.5. The molecule has 0 bridgehead atoms. The number of halogens is 1. The molecule has 1 fully saturated rings. The van der Waals surface area contributed by atoms with Crippen LogP contribution in [-0.4, -0.2) is 64.2 Å². The lowest BCUT2D eigenvalue weighted by molar-refractivity contribution is 0.0831. The molecule has 37 heavy (non-hydrogen) atoms. The van der Waals surface area contributed by atoms with Gasteiger partial charge in [0, 0.05) is 30.9 Å². The molecule has 208 valence electrons. The number of unbranched alkanes of at least 4 members (excludes halogenated alkanes) is 1. The van der Waals surface area contributed by atoms with Gasteiger partial charge in [-0.05, 0) is 62.9 Å². The van der Waals surface area contributed by atoms with Crippen molar-refractivity contribution in [1.29, 1.82) is 0 Å². The fourth-order valence-electron chi connectivity index (χ4n) is 4.39. The molecular weight excluding hydrogens is 512 g/mol. The molecule has 3 rings (SSSR count). The third kappa shape index (κ3) is 9.35. The number of carbonyl (C=O) groups is 1. The van der Waals surface area contributed by atoms with E-state index in [-0.39, 0.29) is 18.3 Å². The molecule has 0 spiro atoms. The Morgan fingerprint density at radius 2 is 1.86 bits per heavy atom. The van der Waals surface area contributed by atoms with Crippen molar-refractivity contribution in [1.82, 2.24) is 10.6 Å². The molecule has 8 nitrogen and oxygen atoms in total. The second-order valence-electron chi connectivity index (χ2n) is 9.34. The van der Waals surface area contributed by atoms with E-state index in [9.17, 15) is 19.0 Å². The average molecular weight is 555 g/mol. The smallest absolute Gasteiger partial charge is 0.251 e. The van der Waals surface area contributed by atoms with Gasteiger partial charge in [0.1, 0.15) is 0 Å². The first-order valence-electron chi connectivity index (χ1n) is 13.0. The number of aliphatic hydroxyl groups excluding tert-OH is 1. The van der Waals surface area contributed by atoms with E-state index < -0.39 is 22.9 Å². The highest BCUT2D eigenvalue weighted by Crippen LogP contribution is 2.50. The molecular formula is C27H43ClN4O4S. The predicted molar refractivity (Wildman–Crippen MR) is 157 cm³/mol. The van der Waals surface area contributed by atoms with E-state index >= 15 is 0 Å². The zero-order chi connectivity index (χ0) is 26.0. The summed E-state index contributed by atoms with van der Waals surface area (Å²) in [7, 11) is -2.92. The van der Waals surface area contributed by atoms with Gasteiger partial charge in [0.2, 0.25) is 0 Å². The number of anilines is 2. The minimum absolute atomic E-state index is 0. The number of aliphatic hydroxyl groups is 1. The number of amides is 1. The van der Waals surface area contributed by atoms with Crippen LogP contribution in [0.25, 0.3) is 0 Å². The molecule has 0 aliphatic carbocycles. The molecule has 0 unspecified atom stereocenters. The number of hydrogen-bond acceptors (Lipinski definition) is 7. The predicted octanol–water partition coefficient (Wildman–Crippen LogP) is 4.90. The van der Waals surface area contributed by atoms with Gasteiger partial charge in [-0.3, -0.25) is 18.2 Å². The van der Waals surface area contributed by atoms with Crippen LogP contribution in [0.4, 0.5) is 11.4 Å². The number of nitrogens with zero attached hydrogens (tertiary/aromatic N) is 1. The Morgan fingerprint density at radius 3 is 2.54 bits per heavy atom. The molecule has 2 atom stereocenters. The lowest BCUT2D eigenvalue weighted by Gasteiger charge is -2.47. The normalized spacial score (nSPS) is 17.3. The second kappa shape index (κ2) is 15.4. The number of benzene rings is 2. The Labute approximate surface area is 229 Å². The summed E-state index contributed by atoms with van der Waals surface area (Å²) in [6.45, 7) is 6.48. The number of nitrogens with one attached hydrogen (secondary N) is 3. The van der Waals surface area contributed by atoms with E-state index in [1.54, 1.807) is 16.4 Å². The van der Waals surface area contributed by atoms with Gasteiger partial charge in [-0.25, -0.2) is 0 Å². The molecule has 1 aliphatic rings. The highest BCUT2D eigenvalue weighted by Gasteiger charge is 2.28. The van der Waals surface area contributed by atoms with E-state index in [0.717, 1.165) is 43.5 Å². The molecule has 6 N–H and O–H groups in total. The van der Waals surface area contributed by atoms with Gasteiger partial charge in [-0.15, -0.1) is 23.2 Å². The summed E-state index contributed by atoms with van der Waals surface area (Å²) < 4.78 is 22.9. The number of carbonyl (C=O) groups excluding carboxylic acids is 1. The number of rotatable bonds is 13. The van der Waals surface area contributed by atoms with Crippen LogP contribution in [0.1, 0.15) is 55.5 Å². The minimum atomic E-state index is -2.92. The van der Waals surface area contributed by atoms with Gasteiger partial charge in [-0.1, -0.05) is 43.7 Å². The molecule has 2 aromatic rings. The summed E-state index contributed by atoms with van der Waals surface area (Å²) in [5.74, 6) is 0.0223. The molecule has 1 aliphatic heterocycles. The van der Waals surface area contributed by atoms with Gasteiger partial charge in [0.25, 0.3) is 5.91 Å². The summed E-state index contributed by atoms with van der Waals surface area (Å²) in [6.07, 6.45) is 3.45. The van der Waals surface area contributed by atoms with Crippen molar-refractivity contribution in [2.24, 2.45) is 0 Å². The van der Waals surface area contributed by atoms with Crippen molar-refractivity contribution < 1.29 is 19.0 Å². The molecule has 1 saturated heterocycles. The van der Waals surface area contributed by atoms with Crippen molar-refractivity contribution in [3.05, 3.63) is 59.7 Å². The van der Waals surface area contributed by atoms with Crippen LogP contribution in [-0.2, 0) is 6.42 Å². The SMILES string of the molecule is CCCCNC[C@@H](O)[C@H](Cc1ccccc1)NC(=O)c1cc(NCC)cc(N2CCCCS2(O)O)c1.Cl. The van der Waals surface area contributed by atoms with E-state index in [1.165, 1.54) is 0 Å². The largest absolute Gasteiger partial charge is 0.390 e. The van der Waals surface area contributed by atoms with Crippen LogP contribution in [0.2, 0.25) is 0 Å². The van der Waals surface area contributed by atoms with Crippen molar-refractivity contribution in [3.63, 3.8) is 0 Å². The maximum atomic E-state index is 13.5. The first kappa shape index (κ1) is 31.2. The van der Waals surface area contributed by atoms with Gasteiger partial charge < -0.3 is 21.1 Å². The van der Waals surface area contributed by atoms with Gasteiger partial charge in [0.15, 0.2) is 0 Å². The Bertz CT molecular complexity index is 967. The van der Waals surface area contributed by atoms with Crippen LogP contribution in [0.15, 0.2) is 48.5 Å². The summed E-state index contributed by atoms with van der Waals surface area (Å²) in [4.78, 5) is 13.5. The van der Waals surface area contributed by atoms with Gasteiger partial charge in [0.05, 0.1) is 23.6 Å². The maximum Gasteiger partial charge on any atom is 0.251 e. The van der Waals surface area contributed by atoms with E-state index in [1.807, 2.05) is 43.3 Å². The van der Waals surface area contributed by atoms with Crippen molar-refractivity contribution >= 4 is 40.5 Å². The lowest BCUT2D eigenvalue weighted by Crippen LogP contribution is -2.49. The zero-order valence-corrected chi connectivity index (χ0v) is 23.5. The molecule has 0 radical (unpaired) electrons. The third-order valence-electron chi connectivity index (χ3n) is 6.37. The first-order chi connectivity index (χ1) is 17.3. The lowest BCUT2D eigenvalue weighted by atomic mass is 10.00. The molecule has 2 aromatic carbocycles. The van der Waals surface area contributed by atoms with Crippen LogP contribution < -0.4 is 20.3 Å². The standard InChI is InChI=1S/C27H42N4O4S.ClH/c1-3-5-13-28-20-26(32)25(16-21-11-7-6-8-12-21)30-27(33)22-17-23(29-4-2)19-24(18-22)31-14-9-10-15-36(31,34)35;/h6-8,11-12,17-19,25-26,28-29,32,34-35H,3-5,9-10,13-16,20H2,1-2H3,(H,30,33);1H/t25-,26+;/m0./s1. The Kier molecular flexibility index (Phi) is 13.0. The summed E-state index contributed by atoms with van der Waals surface area (Å²) in [6, 6.07) is 14.7. The van der Waals surface area contributed by atoms with E-state index in [0.29, 0.717) is 43.1 Å². The quantitative estimate of drug-likeness (QED) is 0.195. The van der Waals surface area contributed by atoms with Crippen LogP contribution in [0.3, 0.4) is 0 Å². The highest BCUT2D eigenvalue weighted by atomic mass is 35.5. The van der Waals surface area contributed by atoms with Crippen LogP contribution in [0, 0.1) is 0 Å². The van der Waals surface area contributed by atoms with Crippen molar-refractivity contribution in [3.8, 4) is 0 Å². The fourth-order valence-corrected chi connectivity index (χ4v) is 6.07. The van der Waals surface area contributed by atoms with Gasteiger partial charge >= 0.3 is 0 Å². The fraction of sp³-hybridized carbons (Fsp3) is 0.519. The molecule has 10 heteroatoms.